The Morgan fingerprint density at radius 2 is 1.57 bits per heavy atom. The number of carbonyl (C=O) groups excluding carboxylic acids is 4. The Morgan fingerprint density at radius 1 is 0.886 bits per heavy atom. The van der Waals surface area contributed by atoms with Crippen LogP contribution in [0.4, 0.5) is 0 Å². The summed E-state index contributed by atoms with van der Waals surface area (Å²) in [6.07, 6.45) is 3.52. The molecule has 44 heavy (non-hydrogen) atoms. The Bertz CT molecular complexity index is 1580. The highest BCUT2D eigenvalue weighted by atomic mass is 79.9. The molecular formula is C33H32BrCl2N3O5. The third kappa shape index (κ3) is 4.18. The largest absolute Gasteiger partial charge is 0.508 e. The van der Waals surface area contributed by atoms with Gasteiger partial charge in [-0.15, -0.1) is 23.2 Å². The van der Waals surface area contributed by atoms with Gasteiger partial charge < -0.3 is 5.11 Å². The van der Waals surface area contributed by atoms with E-state index in [9.17, 15) is 24.3 Å². The number of allylic oxidation sites excluding steroid dienone is 2. The van der Waals surface area contributed by atoms with Crippen LogP contribution in [-0.4, -0.2) is 77.8 Å². The van der Waals surface area contributed by atoms with Crippen molar-refractivity contribution in [3.05, 3.63) is 77.4 Å². The van der Waals surface area contributed by atoms with Crippen LogP contribution in [-0.2, 0) is 25.7 Å². The van der Waals surface area contributed by atoms with E-state index in [-0.39, 0.29) is 35.5 Å². The van der Waals surface area contributed by atoms with Crippen molar-refractivity contribution >= 4 is 62.8 Å². The Labute approximate surface area is 274 Å². The number of imide groups is 2. The van der Waals surface area contributed by atoms with Gasteiger partial charge in [-0.05, 0) is 43.2 Å². The lowest BCUT2D eigenvalue weighted by atomic mass is 9.56. The van der Waals surface area contributed by atoms with Gasteiger partial charge in [-0.3, -0.25) is 33.9 Å². The molecule has 6 atom stereocenters. The van der Waals surface area contributed by atoms with Crippen LogP contribution in [0.3, 0.4) is 0 Å². The maximum atomic E-state index is 14.3. The first kappa shape index (κ1) is 30.0. The van der Waals surface area contributed by atoms with E-state index in [0.29, 0.717) is 30.4 Å². The van der Waals surface area contributed by atoms with Crippen molar-refractivity contribution in [1.82, 2.24) is 14.7 Å². The predicted molar refractivity (Wildman–Crippen MR) is 168 cm³/mol. The number of para-hydroxylation sites is 1. The summed E-state index contributed by atoms with van der Waals surface area (Å²) in [5, 5.41) is 11.0. The van der Waals surface area contributed by atoms with Gasteiger partial charge in [-0.2, -0.15) is 0 Å². The normalized spacial score (nSPS) is 34.2. The lowest BCUT2D eigenvalue weighted by Gasteiger charge is -2.50. The second kappa shape index (κ2) is 11.0. The third-order valence-electron chi connectivity index (χ3n) is 10.5. The Balaban J connectivity index is 1.21. The number of hydrogen-bond donors (Lipinski definition) is 1. The monoisotopic (exact) mass is 699 g/mol. The summed E-state index contributed by atoms with van der Waals surface area (Å²) in [7, 11) is 0. The molecular weight excluding hydrogens is 669 g/mol. The highest BCUT2D eigenvalue weighted by Crippen LogP contribution is 2.66. The van der Waals surface area contributed by atoms with E-state index < -0.39 is 45.2 Å². The molecule has 2 aliphatic carbocycles. The summed E-state index contributed by atoms with van der Waals surface area (Å²) in [6, 6.07) is 16.6. The number of aromatic hydroxyl groups is 1. The van der Waals surface area contributed by atoms with Gasteiger partial charge in [-0.25, -0.2) is 0 Å². The molecule has 3 heterocycles. The third-order valence-corrected chi connectivity index (χ3v) is 12.4. The molecule has 2 aromatic rings. The first-order valence-corrected chi connectivity index (χ1v) is 16.9. The molecule has 1 N–H and O–H groups in total. The van der Waals surface area contributed by atoms with Crippen LogP contribution in [0.2, 0.25) is 0 Å². The SMILES string of the molecule is O=C1C2CC=C3C(CC4(Cl)C(=O)N(CBr)C(=O)C4(Cl)C3c3ccccc3O)C2C(=O)N1C1CCN(Cc2ccccc2)CC1. The van der Waals surface area contributed by atoms with Crippen molar-refractivity contribution in [3.63, 3.8) is 0 Å². The molecule has 4 fully saturated rings. The number of rotatable bonds is 5. The van der Waals surface area contributed by atoms with Gasteiger partial charge in [0.2, 0.25) is 11.8 Å². The summed E-state index contributed by atoms with van der Waals surface area (Å²) in [4.78, 5) is 56.8. The van der Waals surface area contributed by atoms with E-state index in [0.717, 1.165) is 24.5 Å². The number of likely N-dealkylation sites (tertiary alicyclic amines) is 3. The number of halogens is 3. The fourth-order valence-electron chi connectivity index (χ4n) is 8.39. The van der Waals surface area contributed by atoms with Crippen LogP contribution in [0.5, 0.6) is 5.75 Å². The van der Waals surface area contributed by atoms with Crippen molar-refractivity contribution in [3.8, 4) is 5.75 Å². The van der Waals surface area contributed by atoms with E-state index in [1.54, 1.807) is 18.2 Å². The summed E-state index contributed by atoms with van der Waals surface area (Å²) < 4.78 is 0. The Kier molecular flexibility index (Phi) is 7.47. The topological polar surface area (TPSA) is 98.2 Å². The van der Waals surface area contributed by atoms with E-state index in [2.05, 4.69) is 33.0 Å². The van der Waals surface area contributed by atoms with Gasteiger partial charge in [0.1, 0.15) is 5.75 Å². The molecule has 0 aromatic heterocycles. The number of nitrogens with zero attached hydrogens (tertiary/aromatic N) is 3. The summed E-state index contributed by atoms with van der Waals surface area (Å²) >= 11 is 17.7. The molecule has 7 rings (SSSR count). The first-order valence-electron chi connectivity index (χ1n) is 15.0. The smallest absolute Gasteiger partial charge is 0.254 e. The average molecular weight is 701 g/mol. The number of amides is 4. The molecule has 6 unspecified atom stereocenters. The number of benzene rings is 2. The minimum atomic E-state index is -1.93. The number of carbonyl (C=O) groups is 4. The fraction of sp³-hybridized carbons (Fsp3) is 0.455. The van der Waals surface area contributed by atoms with E-state index in [4.69, 9.17) is 23.2 Å². The van der Waals surface area contributed by atoms with Crippen LogP contribution >= 0.6 is 39.1 Å². The summed E-state index contributed by atoms with van der Waals surface area (Å²) in [5.74, 6) is -4.68. The Hall–Kier alpha value is -2.72. The van der Waals surface area contributed by atoms with Gasteiger partial charge in [0, 0.05) is 37.2 Å². The van der Waals surface area contributed by atoms with E-state index in [1.165, 1.54) is 16.5 Å². The maximum Gasteiger partial charge on any atom is 0.254 e. The zero-order valence-electron chi connectivity index (χ0n) is 23.9. The standard InChI is InChI=1S/C33H32BrCl2N3O5/c34-18-38-30(43)32(35)16-24-21(27(33(32,36)31(38)44)22-8-4-5-9-25(22)40)10-11-23-26(24)29(42)39(28(23)41)20-12-14-37(15-13-20)17-19-6-2-1-3-7-19/h1-10,20,23-24,26-27,40H,11-18H2. The molecule has 3 aliphatic heterocycles. The van der Waals surface area contributed by atoms with E-state index in [1.807, 2.05) is 24.3 Å². The fourth-order valence-corrected chi connectivity index (χ4v) is 9.81. The summed E-state index contributed by atoms with van der Waals surface area (Å²) in [5.41, 5.74) is 2.17. The zero-order valence-corrected chi connectivity index (χ0v) is 27.0. The van der Waals surface area contributed by atoms with Crippen molar-refractivity contribution in [2.45, 2.75) is 53.9 Å². The molecule has 0 radical (unpaired) electrons. The van der Waals surface area contributed by atoms with Crippen LogP contribution < -0.4 is 0 Å². The molecule has 11 heteroatoms. The molecule has 4 amide bonds. The van der Waals surface area contributed by atoms with Crippen molar-refractivity contribution in [2.75, 3.05) is 18.5 Å². The number of phenolic OH excluding ortho intramolecular Hbond substituents is 1. The highest BCUT2D eigenvalue weighted by Gasteiger charge is 2.76. The minimum Gasteiger partial charge on any atom is -0.508 e. The second-order valence-corrected chi connectivity index (χ2v) is 14.3. The average Bonchev–Trinajstić information content (AvgIpc) is 3.36. The van der Waals surface area contributed by atoms with Crippen LogP contribution in [0.1, 0.15) is 42.7 Å². The number of hydrogen-bond acceptors (Lipinski definition) is 6. The molecule has 8 nitrogen and oxygen atoms in total. The van der Waals surface area contributed by atoms with E-state index >= 15 is 0 Å². The zero-order chi connectivity index (χ0) is 31.0. The van der Waals surface area contributed by atoms with Gasteiger partial charge in [0.05, 0.1) is 17.3 Å². The molecule has 0 bridgehead atoms. The van der Waals surface area contributed by atoms with Gasteiger partial charge >= 0.3 is 0 Å². The second-order valence-electron chi connectivity index (χ2n) is 12.6. The van der Waals surface area contributed by atoms with Crippen LogP contribution in [0.25, 0.3) is 0 Å². The highest BCUT2D eigenvalue weighted by molar-refractivity contribution is 9.09. The minimum absolute atomic E-state index is 0.0639. The van der Waals surface area contributed by atoms with Gasteiger partial charge in [0.25, 0.3) is 11.8 Å². The number of phenols is 1. The number of alkyl halides is 3. The molecule has 3 saturated heterocycles. The molecule has 2 aromatic carbocycles. The molecule has 5 aliphatic rings. The quantitative estimate of drug-likeness (QED) is 0.209. The molecule has 230 valence electrons. The molecule has 1 saturated carbocycles. The van der Waals surface area contributed by atoms with Crippen molar-refractivity contribution in [2.24, 2.45) is 17.8 Å². The summed E-state index contributed by atoms with van der Waals surface area (Å²) in [6.45, 7) is 2.36. The predicted octanol–water partition coefficient (Wildman–Crippen LogP) is 4.77. The lowest BCUT2D eigenvalue weighted by Crippen LogP contribution is -2.60. The number of piperidine rings is 1. The lowest BCUT2D eigenvalue weighted by molar-refractivity contribution is -0.144. The first-order chi connectivity index (χ1) is 21.1. The Morgan fingerprint density at radius 3 is 2.25 bits per heavy atom. The van der Waals surface area contributed by atoms with Gasteiger partial charge in [0.15, 0.2) is 9.75 Å². The van der Waals surface area contributed by atoms with Gasteiger partial charge in [-0.1, -0.05) is 76.1 Å². The maximum absolute atomic E-state index is 14.3. The van der Waals surface area contributed by atoms with Crippen molar-refractivity contribution < 1.29 is 24.3 Å². The van der Waals surface area contributed by atoms with Crippen molar-refractivity contribution in [1.29, 1.82) is 0 Å². The number of fused-ring (bicyclic) bond motifs is 4. The van der Waals surface area contributed by atoms with Crippen LogP contribution in [0.15, 0.2) is 66.2 Å². The van der Waals surface area contributed by atoms with Crippen LogP contribution in [0, 0.1) is 17.8 Å². The molecule has 0 spiro atoms.